The monoisotopic (exact) mass is 1320 g/mol. The Morgan fingerprint density at radius 1 is 0.278 bits per heavy atom. The number of phosphoric acid groups is 2. The molecule has 0 rings (SSSR count). The third-order valence-electron chi connectivity index (χ3n) is 16.3. The maximum absolute atomic E-state index is 13.0. The van der Waals surface area contributed by atoms with Gasteiger partial charge >= 0.3 is 39.5 Å². The SMILES string of the molecule is CC(C)CCCCCCCCCCCCCCCCCCCCC(=O)O[C@H](COC(=O)CCCCCCCCC(C)C)COP(=O)(O)OC[C@@H](O)COP(=O)(O)OC[C@@H](COC(=O)CCCCCCCCC(C)C)OC(=O)CCCCCCCCCCC(C)C. The van der Waals surface area contributed by atoms with Crippen molar-refractivity contribution in [1.82, 2.24) is 0 Å². The van der Waals surface area contributed by atoms with Crippen LogP contribution in [-0.2, 0) is 65.4 Å². The standard InChI is InChI=1S/C71H138O17P2/c1-61(2)47-39-31-23-19-17-15-13-11-9-10-12-14-16-18-20-25-37-45-53-70(75)87-66(57-81-68(73)51-43-35-29-27-33-41-49-63(5)6)59-85-89(77,78)83-55-65(72)56-84-90(79,80)86-60-67(58-82-69(74)52-44-36-30-28-34-42-50-64(7)8)88-71(76)54-46-38-26-22-21-24-32-40-48-62(3)4/h61-67,72H,9-60H2,1-8H3,(H,77,78)(H,79,80)/t65-,66-,67-/m1/s1. The number of esters is 4. The number of hydrogen-bond donors (Lipinski definition) is 3. The van der Waals surface area contributed by atoms with E-state index in [1.54, 1.807) is 0 Å². The zero-order valence-corrected chi connectivity index (χ0v) is 60.6. The highest BCUT2D eigenvalue weighted by molar-refractivity contribution is 7.47. The Bertz CT molecular complexity index is 1780. The maximum atomic E-state index is 13.0. The number of ether oxygens (including phenoxy) is 4. The van der Waals surface area contributed by atoms with Crippen LogP contribution in [0.1, 0.15) is 351 Å². The van der Waals surface area contributed by atoms with Crippen molar-refractivity contribution in [3.05, 3.63) is 0 Å². The highest BCUT2D eigenvalue weighted by Gasteiger charge is 2.30. The van der Waals surface area contributed by atoms with Gasteiger partial charge in [0.25, 0.3) is 0 Å². The lowest BCUT2D eigenvalue weighted by Crippen LogP contribution is -2.30. The molecular formula is C71H138O17P2. The predicted molar refractivity (Wildman–Crippen MR) is 363 cm³/mol. The topological polar surface area (TPSA) is 237 Å². The Morgan fingerprint density at radius 2 is 0.467 bits per heavy atom. The fourth-order valence-electron chi connectivity index (χ4n) is 10.7. The van der Waals surface area contributed by atoms with Gasteiger partial charge in [0.15, 0.2) is 12.2 Å². The van der Waals surface area contributed by atoms with Gasteiger partial charge in [-0.05, 0) is 49.4 Å². The summed E-state index contributed by atoms with van der Waals surface area (Å²) in [6.45, 7) is 14.0. The molecule has 0 bridgehead atoms. The number of unbranched alkanes of at least 4 members (excludes halogenated alkanes) is 34. The second kappa shape index (κ2) is 60.7. The van der Waals surface area contributed by atoms with Gasteiger partial charge in [-0.25, -0.2) is 9.13 Å². The highest BCUT2D eigenvalue weighted by Crippen LogP contribution is 2.45. The molecule has 0 radical (unpaired) electrons. The first-order chi connectivity index (χ1) is 43.1. The molecule has 0 aromatic heterocycles. The van der Waals surface area contributed by atoms with Crippen LogP contribution < -0.4 is 0 Å². The lowest BCUT2D eigenvalue weighted by molar-refractivity contribution is -0.161. The number of carbonyl (C=O) groups excluding carboxylic acids is 4. The molecule has 0 aromatic rings. The molecule has 0 aliphatic rings. The first-order valence-electron chi connectivity index (χ1n) is 36.7. The van der Waals surface area contributed by atoms with Gasteiger partial charge in [-0.3, -0.25) is 37.3 Å². The van der Waals surface area contributed by atoms with Crippen LogP contribution in [0.4, 0.5) is 0 Å². The average Bonchev–Trinajstić information content (AvgIpc) is 3.64. The summed E-state index contributed by atoms with van der Waals surface area (Å²) in [7, 11) is -9.90. The van der Waals surface area contributed by atoms with E-state index < -0.39 is 97.5 Å². The second-order valence-corrected chi connectivity index (χ2v) is 30.4. The van der Waals surface area contributed by atoms with Crippen molar-refractivity contribution in [2.45, 2.75) is 369 Å². The summed E-state index contributed by atoms with van der Waals surface area (Å²) in [6.07, 6.45) is 43.6. The van der Waals surface area contributed by atoms with Gasteiger partial charge in [0.2, 0.25) is 0 Å². The van der Waals surface area contributed by atoms with E-state index in [2.05, 4.69) is 55.4 Å². The van der Waals surface area contributed by atoms with E-state index in [4.69, 9.17) is 37.0 Å². The van der Waals surface area contributed by atoms with Crippen molar-refractivity contribution < 1.29 is 80.2 Å². The smallest absolute Gasteiger partial charge is 0.462 e. The van der Waals surface area contributed by atoms with Gasteiger partial charge in [0.05, 0.1) is 26.4 Å². The van der Waals surface area contributed by atoms with Crippen LogP contribution in [0.3, 0.4) is 0 Å². The van der Waals surface area contributed by atoms with Crippen molar-refractivity contribution in [1.29, 1.82) is 0 Å². The van der Waals surface area contributed by atoms with Gasteiger partial charge < -0.3 is 33.8 Å². The summed E-state index contributed by atoms with van der Waals surface area (Å²) >= 11 is 0. The Balaban J connectivity index is 5.14. The molecule has 90 heavy (non-hydrogen) atoms. The molecule has 0 aliphatic carbocycles. The van der Waals surface area contributed by atoms with Crippen LogP contribution in [0.15, 0.2) is 0 Å². The molecule has 5 atom stereocenters. The summed E-state index contributed by atoms with van der Waals surface area (Å²) in [5.74, 6) is 0.763. The molecule has 0 aliphatic heterocycles. The third kappa shape index (κ3) is 64.8. The molecular weight excluding hydrogens is 1190 g/mol. The normalized spacial score (nSPS) is 14.3. The van der Waals surface area contributed by atoms with Crippen molar-refractivity contribution in [3.63, 3.8) is 0 Å². The molecule has 2 unspecified atom stereocenters. The van der Waals surface area contributed by atoms with E-state index >= 15 is 0 Å². The zero-order valence-electron chi connectivity index (χ0n) is 58.8. The second-order valence-electron chi connectivity index (χ2n) is 27.5. The van der Waals surface area contributed by atoms with E-state index in [1.165, 1.54) is 141 Å². The Kier molecular flexibility index (Phi) is 59.4. The van der Waals surface area contributed by atoms with E-state index in [1.807, 2.05) is 0 Å². The van der Waals surface area contributed by atoms with Gasteiger partial charge in [0, 0.05) is 25.7 Å². The molecule has 534 valence electrons. The molecule has 0 fully saturated rings. The lowest BCUT2D eigenvalue weighted by atomic mass is 10.0. The Labute approximate surface area is 549 Å². The van der Waals surface area contributed by atoms with E-state index in [9.17, 15) is 43.2 Å². The van der Waals surface area contributed by atoms with Crippen molar-refractivity contribution in [3.8, 4) is 0 Å². The molecule has 0 amide bonds. The van der Waals surface area contributed by atoms with Crippen LogP contribution in [0.2, 0.25) is 0 Å². The number of carbonyl (C=O) groups is 4. The van der Waals surface area contributed by atoms with Crippen LogP contribution in [-0.4, -0.2) is 96.7 Å². The predicted octanol–water partition coefficient (Wildman–Crippen LogP) is 20.1. The van der Waals surface area contributed by atoms with Crippen molar-refractivity contribution in [2.24, 2.45) is 23.7 Å². The number of phosphoric ester groups is 2. The Hall–Kier alpha value is -1.94. The van der Waals surface area contributed by atoms with Gasteiger partial charge in [-0.2, -0.15) is 0 Å². The zero-order chi connectivity index (χ0) is 66.8. The van der Waals surface area contributed by atoms with Crippen LogP contribution >= 0.6 is 15.6 Å². The summed E-state index contributed by atoms with van der Waals surface area (Å²) in [6, 6.07) is 0. The summed E-state index contributed by atoms with van der Waals surface area (Å²) in [5, 5.41) is 10.6. The summed E-state index contributed by atoms with van der Waals surface area (Å²) < 4.78 is 68.2. The molecule has 0 saturated carbocycles. The molecule has 0 saturated heterocycles. The van der Waals surface area contributed by atoms with Crippen LogP contribution in [0.5, 0.6) is 0 Å². The molecule has 0 aromatic carbocycles. The van der Waals surface area contributed by atoms with Crippen molar-refractivity contribution in [2.75, 3.05) is 39.6 Å². The van der Waals surface area contributed by atoms with Gasteiger partial charge in [-0.1, -0.05) is 299 Å². The fraction of sp³-hybridized carbons (Fsp3) is 0.944. The maximum Gasteiger partial charge on any atom is 0.472 e. The summed E-state index contributed by atoms with van der Waals surface area (Å²) in [4.78, 5) is 72.4. The number of aliphatic hydroxyl groups is 1. The van der Waals surface area contributed by atoms with Crippen LogP contribution in [0, 0.1) is 23.7 Å². The average molecular weight is 1330 g/mol. The first-order valence-corrected chi connectivity index (χ1v) is 39.7. The number of rotatable bonds is 68. The lowest BCUT2D eigenvalue weighted by Gasteiger charge is -2.21. The van der Waals surface area contributed by atoms with Crippen LogP contribution in [0.25, 0.3) is 0 Å². The molecule has 17 nitrogen and oxygen atoms in total. The van der Waals surface area contributed by atoms with E-state index in [-0.39, 0.29) is 25.7 Å². The molecule has 0 spiro atoms. The number of hydrogen-bond acceptors (Lipinski definition) is 15. The number of aliphatic hydroxyl groups excluding tert-OH is 1. The molecule has 19 heteroatoms. The quantitative estimate of drug-likeness (QED) is 0.0222. The fourth-order valence-corrected chi connectivity index (χ4v) is 12.2. The van der Waals surface area contributed by atoms with Crippen molar-refractivity contribution >= 4 is 39.5 Å². The van der Waals surface area contributed by atoms with Gasteiger partial charge in [-0.15, -0.1) is 0 Å². The first kappa shape index (κ1) is 88.1. The van der Waals surface area contributed by atoms with E-state index in [0.717, 1.165) is 115 Å². The minimum Gasteiger partial charge on any atom is -0.462 e. The third-order valence-corrected chi connectivity index (χ3v) is 18.2. The molecule has 0 heterocycles. The highest BCUT2D eigenvalue weighted by atomic mass is 31.2. The largest absolute Gasteiger partial charge is 0.472 e. The summed E-state index contributed by atoms with van der Waals surface area (Å²) in [5.41, 5.74) is 0. The molecule has 3 N–H and O–H groups in total. The Morgan fingerprint density at radius 3 is 0.689 bits per heavy atom. The minimum absolute atomic E-state index is 0.103. The minimum atomic E-state index is -4.95. The van der Waals surface area contributed by atoms with Gasteiger partial charge in [0.1, 0.15) is 19.3 Å². The van der Waals surface area contributed by atoms with E-state index in [0.29, 0.717) is 37.5 Å².